The van der Waals surface area contributed by atoms with Gasteiger partial charge in [-0.15, -0.1) is 11.3 Å². The van der Waals surface area contributed by atoms with E-state index in [1.165, 1.54) is 5.69 Å². The number of anilines is 1. The summed E-state index contributed by atoms with van der Waals surface area (Å²) >= 11 is 1.61. The molecule has 7 heteroatoms. The normalized spacial score (nSPS) is 14.0. The van der Waals surface area contributed by atoms with Gasteiger partial charge in [0.2, 0.25) is 0 Å². The van der Waals surface area contributed by atoms with Crippen molar-refractivity contribution in [1.82, 2.24) is 0 Å². The van der Waals surface area contributed by atoms with Gasteiger partial charge in [0, 0.05) is 45.7 Å². The van der Waals surface area contributed by atoms with Crippen LogP contribution in [-0.4, -0.2) is 25.3 Å². The molecule has 0 aliphatic carbocycles. The van der Waals surface area contributed by atoms with Gasteiger partial charge in [0.05, 0.1) is 0 Å². The topological polar surface area (TPSA) is 93.1 Å². The van der Waals surface area contributed by atoms with E-state index in [0.29, 0.717) is 12.2 Å². The zero-order chi connectivity index (χ0) is 31.4. The van der Waals surface area contributed by atoms with E-state index in [2.05, 4.69) is 61.7 Å². The van der Waals surface area contributed by atoms with Crippen LogP contribution in [0.15, 0.2) is 71.0 Å². The highest BCUT2D eigenvalue weighted by atomic mass is 32.1. The Kier molecular flexibility index (Phi) is 12.0. The van der Waals surface area contributed by atoms with Gasteiger partial charge < -0.3 is 14.4 Å². The monoisotopic (exact) mass is 592 g/mol. The highest BCUT2D eigenvalue weighted by Gasteiger charge is 2.38. The van der Waals surface area contributed by atoms with Crippen LogP contribution in [0.4, 0.5) is 5.69 Å². The van der Waals surface area contributed by atoms with Gasteiger partial charge in [0.15, 0.2) is 11.3 Å². The highest BCUT2D eigenvalue weighted by Crippen LogP contribution is 2.40. The van der Waals surface area contributed by atoms with Gasteiger partial charge in [0.25, 0.3) is 0 Å². The standard InChI is InChI=1S/C36H40N4O2S/c1-7-9-19-40(20-10-8-2)29-13-11-27(34(21-29)41-25-26(3)4)12-14-30-15-16-31(43-30)17-18-33-32(24-39)35(28(22-37)23-38)42-36(33,5)6/h11-18,21H,3,7-10,19-20,25H2,1-2,4-6H3/b14-12+,18-17+. The van der Waals surface area contributed by atoms with Crippen LogP contribution in [0.2, 0.25) is 0 Å². The van der Waals surface area contributed by atoms with Gasteiger partial charge in [-0.3, -0.25) is 0 Å². The third-order valence-electron chi connectivity index (χ3n) is 6.95. The molecule has 0 radical (unpaired) electrons. The molecule has 0 unspecified atom stereocenters. The Labute approximate surface area is 260 Å². The maximum absolute atomic E-state index is 9.77. The van der Waals surface area contributed by atoms with Crippen LogP contribution in [0.1, 0.15) is 75.6 Å². The molecule has 3 rings (SSSR count). The summed E-state index contributed by atoms with van der Waals surface area (Å²) in [7, 11) is 0. The average Bonchev–Trinajstić information content (AvgIpc) is 3.55. The van der Waals surface area contributed by atoms with E-state index in [1.54, 1.807) is 11.3 Å². The first kappa shape index (κ1) is 33.0. The van der Waals surface area contributed by atoms with Crippen LogP contribution in [0.25, 0.3) is 18.2 Å². The molecular weight excluding hydrogens is 552 g/mol. The number of hydrogen-bond acceptors (Lipinski definition) is 7. The van der Waals surface area contributed by atoms with Crippen LogP contribution in [0.5, 0.6) is 5.75 Å². The molecule has 0 amide bonds. The number of nitrogens with zero attached hydrogens (tertiary/aromatic N) is 4. The predicted molar refractivity (Wildman–Crippen MR) is 177 cm³/mol. The zero-order valence-electron chi connectivity index (χ0n) is 25.9. The third-order valence-corrected chi connectivity index (χ3v) is 7.97. The second-order valence-electron chi connectivity index (χ2n) is 11.0. The lowest BCUT2D eigenvalue weighted by Gasteiger charge is -2.25. The molecule has 1 aromatic carbocycles. The van der Waals surface area contributed by atoms with Crippen molar-refractivity contribution < 1.29 is 9.47 Å². The molecule has 1 aliphatic rings. The second kappa shape index (κ2) is 15.6. The fourth-order valence-electron chi connectivity index (χ4n) is 4.62. The minimum Gasteiger partial charge on any atom is -0.489 e. The van der Waals surface area contributed by atoms with Crippen molar-refractivity contribution in [2.24, 2.45) is 0 Å². The Morgan fingerprint density at radius 2 is 1.60 bits per heavy atom. The smallest absolute Gasteiger partial charge is 0.172 e. The first-order valence-corrected chi connectivity index (χ1v) is 15.5. The van der Waals surface area contributed by atoms with Gasteiger partial charge in [0.1, 0.15) is 41.7 Å². The quantitative estimate of drug-likeness (QED) is 0.160. The number of benzene rings is 1. The summed E-state index contributed by atoms with van der Waals surface area (Å²) in [6.45, 7) is 16.6. The van der Waals surface area contributed by atoms with Crippen molar-refractivity contribution in [2.45, 2.75) is 65.9 Å². The van der Waals surface area contributed by atoms with E-state index in [0.717, 1.165) is 65.4 Å². The van der Waals surface area contributed by atoms with Crippen LogP contribution < -0.4 is 9.64 Å². The largest absolute Gasteiger partial charge is 0.489 e. The van der Waals surface area contributed by atoms with Gasteiger partial charge in [-0.2, -0.15) is 15.8 Å². The van der Waals surface area contributed by atoms with Crippen molar-refractivity contribution in [3.63, 3.8) is 0 Å². The van der Waals surface area contributed by atoms with Crippen LogP contribution in [0, 0.1) is 34.0 Å². The summed E-state index contributed by atoms with van der Waals surface area (Å²) in [6, 6.07) is 16.3. The predicted octanol–water partition coefficient (Wildman–Crippen LogP) is 9.22. The molecule has 2 heterocycles. The minimum absolute atomic E-state index is 0.0430. The van der Waals surface area contributed by atoms with Crippen LogP contribution in [-0.2, 0) is 4.74 Å². The van der Waals surface area contributed by atoms with E-state index in [4.69, 9.17) is 9.47 Å². The SMILES string of the molecule is C=C(C)COc1cc(N(CCCC)CCCC)ccc1/C=C/c1ccc(/C=C/C2=C(C#N)C(=C(C#N)C#N)OC2(C)C)s1. The van der Waals surface area contributed by atoms with E-state index in [-0.39, 0.29) is 16.9 Å². The Bertz CT molecular complexity index is 1540. The molecule has 0 fully saturated rings. The van der Waals surface area contributed by atoms with Crippen molar-refractivity contribution in [2.75, 3.05) is 24.6 Å². The maximum Gasteiger partial charge on any atom is 0.172 e. The molecule has 0 N–H and O–H groups in total. The van der Waals surface area contributed by atoms with Crippen LogP contribution >= 0.6 is 11.3 Å². The number of hydrogen-bond donors (Lipinski definition) is 0. The lowest BCUT2D eigenvalue weighted by atomic mass is 9.94. The molecule has 0 saturated heterocycles. The van der Waals surface area contributed by atoms with Crippen molar-refractivity contribution in [1.29, 1.82) is 15.8 Å². The number of unbranched alkanes of at least 4 members (excludes halogenated alkanes) is 2. The Morgan fingerprint density at radius 3 is 2.16 bits per heavy atom. The molecule has 1 aliphatic heterocycles. The lowest BCUT2D eigenvalue weighted by Crippen LogP contribution is -2.25. The number of nitriles is 3. The molecule has 6 nitrogen and oxygen atoms in total. The molecule has 1 aromatic heterocycles. The zero-order valence-corrected chi connectivity index (χ0v) is 26.7. The fourth-order valence-corrected chi connectivity index (χ4v) is 5.43. The lowest BCUT2D eigenvalue weighted by molar-refractivity contribution is 0.0954. The van der Waals surface area contributed by atoms with Gasteiger partial charge >= 0.3 is 0 Å². The minimum atomic E-state index is -0.842. The van der Waals surface area contributed by atoms with Gasteiger partial charge in [-0.1, -0.05) is 39.3 Å². The molecule has 2 aromatic rings. The number of rotatable bonds is 14. The summed E-state index contributed by atoms with van der Waals surface area (Å²) in [6.07, 6.45) is 12.5. The van der Waals surface area contributed by atoms with E-state index < -0.39 is 5.60 Å². The number of thiophene rings is 1. The van der Waals surface area contributed by atoms with E-state index in [1.807, 2.05) is 57.2 Å². The first-order chi connectivity index (χ1) is 20.7. The second-order valence-corrected chi connectivity index (χ2v) is 12.2. The molecular formula is C36H40N4O2S. The summed E-state index contributed by atoms with van der Waals surface area (Å²) < 4.78 is 12.1. The molecule has 43 heavy (non-hydrogen) atoms. The van der Waals surface area contributed by atoms with E-state index >= 15 is 0 Å². The number of ether oxygens (including phenoxy) is 2. The number of allylic oxidation sites excluding steroid dienone is 2. The van der Waals surface area contributed by atoms with Gasteiger partial charge in [-0.05, 0) is 81.7 Å². The summed E-state index contributed by atoms with van der Waals surface area (Å²) in [5.41, 5.74) is 2.94. The Hall–Kier alpha value is -4.51. The third kappa shape index (κ3) is 8.74. The fraction of sp³-hybridized carbons (Fsp3) is 0.361. The van der Waals surface area contributed by atoms with Crippen molar-refractivity contribution in [3.05, 3.63) is 86.4 Å². The molecule has 222 valence electrons. The first-order valence-electron chi connectivity index (χ1n) is 14.7. The summed E-state index contributed by atoms with van der Waals surface area (Å²) in [5.74, 6) is 0.880. The Balaban J connectivity index is 1.87. The maximum atomic E-state index is 9.77. The van der Waals surface area contributed by atoms with Gasteiger partial charge in [-0.25, -0.2) is 0 Å². The van der Waals surface area contributed by atoms with Crippen LogP contribution in [0.3, 0.4) is 0 Å². The molecule has 0 bridgehead atoms. The van der Waals surface area contributed by atoms with Crippen molar-refractivity contribution in [3.8, 4) is 24.0 Å². The molecule has 0 saturated carbocycles. The van der Waals surface area contributed by atoms with E-state index in [9.17, 15) is 15.8 Å². The average molecular weight is 593 g/mol. The Morgan fingerprint density at radius 1 is 0.977 bits per heavy atom. The van der Waals surface area contributed by atoms with Crippen molar-refractivity contribution >= 4 is 35.3 Å². The molecule has 0 spiro atoms. The molecule has 0 atom stereocenters. The highest BCUT2D eigenvalue weighted by molar-refractivity contribution is 7.13. The summed E-state index contributed by atoms with van der Waals surface area (Å²) in [4.78, 5) is 4.51. The summed E-state index contributed by atoms with van der Waals surface area (Å²) in [5, 5.41) is 28.4.